The first-order valence-electron chi connectivity index (χ1n) is 12.7. The Morgan fingerprint density at radius 2 is 1.62 bits per heavy atom. The summed E-state index contributed by atoms with van der Waals surface area (Å²) in [6.07, 6.45) is 9.72. The van der Waals surface area contributed by atoms with Crippen molar-refractivity contribution < 1.29 is 14.3 Å². The lowest BCUT2D eigenvalue weighted by atomic mass is 9.47. The quantitative estimate of drug-likeness (QED) is 0.604. The first kappa shape index (κ1) is 22.1. The van der Waals surface area contributed by atoms with Crippen molar-refractivity contribution in [2.24, 2.45) is 34.5 Å². The second-order valence-corrected chi connectivity index (χ2v) is 11.8. The largest absolute Gasteiger partial charge is 0.367 e. The van der Waals surface area contributed by atoms with Crippen molar-refractivity contribution in [3.05, 3.63) is 29.3 Å². The van der Waals surface area contributed by atoms with Gasteiger partial charge in [0, 0.05) is 11.6 Å². The molecule has 0 bridgehead atoms. The highest BCUT2D eigenvalue weighted by molar-refractivity contribution is 5.93. The van der Waals surface area contributed by atoms with Gasteiger partial charge in [-0.2, -0.15) is 0 Å². The Bertz CT molecular complexity index is 892. The molecule has 3 saturated carbocycles. The molecule has 4 heteroatoms. The number of ether oxygens (including phenoxy) is 1. The van der Waals surface area contributed by atoms with Crippen LogP contribution >= 0.6 is 0 Å². The van der Waals surface area contributed by atoms with E-state index in [9.17, 15) is 9.59 Å². The topological polar surface area (TPSA) is 55.4 Å². The van der Waals surface area contributed by atoms with E-state index in [4.69, 9.17) is 4.74 Å². The minimum atomic E-state index is -0.205. The second kappa shape index (κ2) is 7.97. The van der Waals surface area contributed by atoms with Gasteiger partial charge in [-0.1, -0.05) is 19.9 Å². The number of carbonyl (C=O) groups is 2. The third-order valence-corrected chi connectivity index (χ3v) is 10.0. The van der Waals surface area contributed by atoms with Gasteiger partial charge in [-0.3, -0.25) is 4.79 Å². The first-order chi connectivity index (χ1) is 15.2. The number of hydrogen-bond acceptors (Lipinski definition) is 3. The predicted molar refractivity (Wildman–Crippen MR) is 126 cm³/mol. The maximum absolute atomic E-state index is 13.5. The number of aldehydes is 1. The van der Waals surface area contributed by atoms with Crippen molar-refractivity contribution in [2.75, 3.05) is 5.32 Å². The first-order valence-corrected chi connectivity index (χ1v) is 12.7. The summed E-state index contributed by atoms with van der Waals surface area (Å²) in [6, 6.07) is 6.30. The van der Waals surface area contributed by atoms with Crippen molar-refractivity contribution in [3.63, 3.8) is 0 Å². The summed E-state index contributed by atoms with van der Waals surface area (Å²) < 4.78 is 6.24. The van der Waals surface area contributed by atoms with E-state index in [0.717, 1.165) is 44.1 Å². The summed E-state index contributed by atoms with van der Waals surface area (Å²) in [5.74, 6) is 2.28. The maximum atomic E-state index is 13.5. The van der Waals surface area contributed by atoms with E-state index >= 15 is 0 Å². The summed E-state index contributed by atoms with van der Waals surface area (Å²) in [5.41, 5.74) is 3.59. The van der Waals surface area contributed by atoms with Crippen LogP contribution in [0.15, 0.2) is 18.2 Å². The van der Waals surface area contributed by atoms with Gasteiger partial charge in [0.05, 0.1) is 6.10 Å². The smallest absolute Gasteiger partial charge is 0.228 e. The van der Waals surface area contributed by atoms with E-state index in [-0.39, 0.29) is 34.9 Å². The average molecular weight is 438 g/mol. The fraction of sp³-hybridized carbons (Fsp3) is 0.714. The predicted octanol–water partition coefficient (Wildman–Crippen LogP) is 5.85. The number of carbonyl (C=O) groups excluding carboxylic acids is 2. The average Bonchev–Trinajstić information content (AvgIpc) is 3.09. The standard InChI is InChI=1S/C28H39NO3/c1-17-13-18(2)15-19(14-17)29-26(31)24-7-6-22-21-5-8-25-28(4,11-9-20(16-30)32-25)23(21)10-12-27(22,24)3/h13-16,20-25H,5-12H2,1-4H3,(H,29,31)/t20?,21-,22-,23-,24+,25+,27-,28+/m0/s1. The van der Waals surface area contributed by atoms with Crippen LogP contribution in [-0.4, -0.2) is 24.4 Å². The molecule has 3 aliphatic carbocycles. The van der Waals surface area contributed by atoms with Gasteiger partial charge in [-0.25, -0.2) is 0 Å². The molecular formula is C28H39NO3. The zero-order valence-electron chi connectivity index (χ0n) is 20.2. The van der Waals surface area contributed by atoms with Crippen molar-refractivity contribution >= 4 is 17.9 Å². The van der Waals surface area contributed by atoms with E-state index in [0.29, 0.717) is 17.8 Å². The van der Waals surface area contributed by atoms with E-state index in [1.165, 1.54) is 30.4 Å². The third kappa shape index (κ3) is 3.45. The molecule has 1 heterocycles. The van der Waals surface area contributed by atoms with Gasteiger partial charge in [0.1, 0.15) is 12.4 Å². The fourth-order valence-electron chi connectivity index (χ4n) is 8.53. The number of amides is 1. The molecular weight excluding hydrogens is 398 g/mol. The van der Waals surface area contributed by atoms with Gasteiger partial charge >= 0.3 is 0 Å². The Morgan fingerprint density at radius 3 is 2.34 bits per heavy atom. The molecule has 1 aromatic carbocycles. The van der Waals surface area contributed by atoms with Crippen LogP contribution in [0.25, 0.3) is 0 Å². The van der Waals surface area contributed by atoms with Crippen LogP contribution in [-0.2, 0) is 14.3 Å². The SMILES string of the molecule is Cc1cc(C)cc(NC(=O)[C@H]2CC[C@H]3[C@@H]4CC[C@H]5OC(C=O)CC[C@]5(C)[C@H]4CC[C@]23C)c1. The number of anilines is 1. The van der Waals surface area contributed by atoms with Gasteiger partial charge in [-0.05, 0) is 117 Å². The molecule has 0 spiro atoms. The molecule has 0 radical (unpaired) electrons. The molecule has 1 aromatic rings. The Labute approximate surface area is 192 Å². The van der Waals surface area contributed by atoms with Gasteiger partial charge in [-0.15, -0.1) is 0 Å². The monoisotopic (exact) mass is 437 g/mol. The molecule has 0 aromatic heterocycles. The molecule has 174 valence electrons. The normalized spacial score (nSPS) is 43.0. The van der Waals surface area contributed by atoms with Gasteiger partial charge in [0.15, 0.2) is 0 Å². The highest BCUT2D eigenvalue weighted by atomic mass is 16.5. The highest BCUT2D eigenvalue weighted by Gasteiger charge is 2.61. The van der Waals surface area contributed by atoms with E-state index < -0.39 is 0 Å². The third-order valence-electron chi connectivity index (χ3n) is 10.0. The molecule has 1 amide bonds. The number of fused-ring (bicyclic) bond motifs is 5. The minimum Gasteiger partial charge on any atom is -0.367 e. The van der Waals surface area contributed by atoms with Gasteiger partial charge in [0.25, 0.3) is 0 Å². The number of hydrogen-bond donors (Lipinski definition) is 1. The molecule has 5 rings (SSSR count). The Kier molecular flexibility index (Phi) is 5.51. The van der Waals surface area contributed by atoms with Crippen molar-refractivity contribution in [2.45, 2.75) is 91.3 Å². The summed E-state index contributed by atoms with van der Waals surface area (Å²) in [7, 11) is 0. The number of aryl methyl sites for hydroxylation is 2. The number of nitrogens with one attached hydrogen (secondary N) is 1. The van der Waals surface area contributed by atoms with Crippen molar-refractivity contribution in [3.8, 4) is 0 Å². The summed E-state index contributed by atoms with van der Waals surface area (Å²) in [5, 5.41) is 3.27. The van der Waals surface area contributed by atoms with Crippen molar-refractivity contribution in [1.82, 2.24) is 0 Å². The van der Waals surface area contributed by atoms with E-state index in [1.807, 2.05) is 0 Å². The van der Waals surface area contributed by atoms with E-state index in [2.05, 4.69) is 51.2 Å². The number of rotatable bonds is 3. The second-order valence-electron chi connectivity index (χ2n) is 11.8. The Hall–Kier alpha value is -1.68. The summed E-state index contributed by atoms with van der Waals surface area (Å²) in [4.78, 5) is 24.8. The molecule has 1 N–H and O–H groups in total. The molecule has 32 heavy (non-hydrogen) atoms. The maximum Gasteiger partial charge on any atom is 0.228 e. The lowest BCUT2D eigenvalue weighted by Crippen LogP contribution is -2.57. The van der Waals surface area contributed by atoms with Crippen LogP contribution in [0.5, 0.6) is 0 Å². The summed E-state index contributed by atoms with van der Waals surface area (Å²) in [6.45, 7) is 9.00. The summed E-state index contributed by atoms with van der Waals surface area (Å²) >= 11 is 0. The molecule has 1 aliphatic heterocycles. The Balaban J connectivity index is 1.34. The lowest BCUT2D eigenvalue weighted by molar-refractivity contribution is -0.195. The van der Waals surface area contributed by atoms with Crippen LogP contribution < -0.4 is 5.32 Å². The van der Waals surface area contributed by atoms with Gasteiger partial charge in [0.2, 0.25) is 5.91 Å². The van der Waals surface area contributed by atoms with Crippen LogP contribution in [0, 0.1) is 48.3 Å². The molecule has 4 nitrogen and oxygen atoms in total. The zero-order chi connectivity index (χ0) is 22.7. The molecule has 4 aliphatic rings. The van der Waals surface area contributed by atoms with Crippen LogP contribution in [0.2, 0.25) is 0 Å². The zero-order valence-corrected chi connectivity index (χ0v) is 20.2. The minimum absolute atomic E-state index is 0.0914. The molecule has 1 saturated heterocycles. The van der Waals surface area contributed by atoms with Crippen LogP contribution in [0.3, 0.4) is 0 Å². The van der Waals surface area contributed by atoms with Crippen LogP contribution in [0.1, 0.15) is 76.3 Å². The van der Waals surface area contributed by atoms with E-state index in [1.54, 1.807) is 0 Å². The Morgan fingerprint density at radius 1 is 0.938 bits per heavy atom. The lowest BCUT2D eigenvalue weighted by Gasteiger charge is -2.60. The van der Waals surface area contributed by atoms with Crippen LogP contribution in [0.4, 0.5) is 5.69 Å². The van der Waals surface area contributed by atoms with Crippen molar-refractivity contribution in [1.29, 1.82) is 0 Å². The molecule has 4 fully saturated rings. The van der Waals surface area contributed by atoms with Gasteiger partial charge < -0.3 is 14.8 Å². The molecule has 8 atom stereocenters. The fourth-order valence-corrected chi connectivity index (χ4v) is 8.53. The molecule has 1 unspecified atom stereocenters. The number of benzene rings is 1. The highest BCUT2D eigenvalue weighted by Crippen LogP contribution is 2.66.